The zero-order valence-corrected chi connectivity index (χ0v) is 42.8. The summed E-state index contributed by atoms with van der Waals surface area (Å²) < 4.78 is 12.2. The summed E-state index contributed by atoms with van der Waals surface area (Å²) in [4.78, 5) is 18.9. The van der Waals surface area contributed by atoms with Crippen LogP contribution in [0.15, 0.2) is 103 Å². The highest BCUT2D eigenvalue weighted by Gasteiger charge is 2.71. The molecule has 1 spiro atoms. The molecule has 398 valence electrons. The van der Waals surface area contributed by atoms with Crippen LogP contribution in [0.1, 0.15) is 127 Å². The molecule has 0 amide bonds. The van der Waals surface area contributed by atoms with Crippen molar-refractivity contribution in [3.05, 3.63) is 142 Å². The molecule has 5 aromatic carbocycles. The van der Waals surface area contributed by atoms with E-state index in [1.807, 2.05) is 6.07 Å². The predicted molar refractivity (Wildman–Crippen MR) is 286 cm³/mol. The third-order valence-electron chi connectivity index (χ3n) is 19.8. The second kappa shape index (κ2) is 19.7. The van der Waals surface area contributed by atoms with Gasteiger partial charge in [0.15, 0.2) is 23.0 Å². The number of benzene rings is 5. The Balaban J connectivity index is 1.06. The van der Waals surface area contributed by atoms with Gasteiger partial charge in [-0.2, -0.15) is 0 Å². The standard InChI is InChI=1S/C63H70N2O11/c64-33-76-53-24-34(13-17-50(53)70)12-16-49(69)45-26-37(25-36-14-15-41(68)29-51(36)71)44-27-38-28-48(55(56(44)58(45)73)46-30-52(72)59(74)60(54(38)46)75-32-35-7-5-9-40(67)23-35)63-31-39(8-6-22-66)62(19-3-4-20-62)61(63)43-18-21-65-57(43)42-10-1-2-11-47(42)63/h1-2,5,7,9-11,13-15,17-18,21,23-24,29-30,37-39,44-45,48,55-56,58,61,65-68,70-74H,3-4,6,8,12,16,19-20,22,25-28,31-33,64H2. The zero-order valence-electron chi connectivity index (χ0n) is 42.8. The number of rotatable bonds is 15. The molecule has 7 aliphatic rings. The van der Waals surface area contributed by atoms with Gasteiger partial charge < -0.3 is 55.3 Å². The van der Waals surface area contributed by atoms with E-state index < -0.39 is 29.3 Å². The van der Waals surface area contributed by atoms with Crippen LogP contribution >= 0.6 is 0 Å². The van der Waals surface area contributed by atoms with Crippen molar-refractivity contribution in [2.24, 2.45) is 46.7 Å². The molecule has 0 radical (unpaired) electrons. The quantitative estimate of drug-likeness (QED) is 0.0341. The summed E-state index contributed by atoms with van der Waals surface area (Å²) in [7, 11) is 0. The Morgan fingerprint density at radius 1 is 0.789 bits per heavy atom. The van der Waals surface area contributed by atoms with Crippen LogP contribution in [0.25, 0.3) is 11.3 Å². The Bertz CT molecular complexity index is 3160. The first-order valence-corrected chi connectivity index (χ1v) is 27.6. The minimum absolute atomic E-state index is 0.000929. The molecule has 0 aliphatic heterocycles. The average Bonchev–Trinajstić information content (AvgIpc) is 3.70. The first-order chi connectivity index (χ1) is 36.8. The monoisotopic (exact) mass is 1030 g/mol. The second-order valence-corrected chi connectivity index (χ2v) is 23.3. The minimum Gasteiger partial charge on any atom is -0.508 e. The molecule has 0 saturated heterocycles. The summed E-state index contributed by atoms with van der Waals surface area (Å²) in [6, 6.07) is 29.2. The van der Waals surface area contributed by atoms with E-state index in [1.54, 1.807) is 48.5 Å². The Labute approximate surface area is 443 Å². The number of aromatic hydroxyl groups is 6. The lowest BCUT2D eigenvalue weighted by Gasteiger charge is -2.56. The van der Waals surface area contributed by atoms with Crippen LogP contribution in [0, 0.1) is 40.9 Å². The van der Waals surface area contributed by atoms with Crippen LogP contribution < -0.4 is 15.2 Å². The van der Waals surface area contributed by atoms with E-state index >= 15 is 4.79 Å². The molecule has 7 aliphatic carbocycles. The fraction of sp³-hybridized carbons (Fsp3) is 0.444. The number of nitrogens with two attached hydrogens (primary N) is 1. The molecule has 11 unspecified atom stereocenters. The summed E-state index contributed by atoms with van der Waals surface area (Å²) in [5.74, 6) is -2.88. The number of phenols is 6. The van der Waals surface area contributed by atoms with Gasteiger partial charge in [0, 0.05) is 59.4 Å². The smallest absolute Gasteiger partial charge is 0.200 e. The van der Waals surface area contributed by atoms with E-state index in [0.717, 1.165) is 66.5 Å². The van der Waals surface area contributed by atoms with Gasteiger partial charge in [-0.1, -0.05) is 61.4 Å². The number of aromatic nitrogens is 1. The van der Waals surface area contributed by atoms with E-state index in [4.69, 9.17) is 15.2 Å². The van der Waals surface area contributed by atoms with E-state index in [2.05, 4.69) is 41.5 Å². The van der Waals surface area contributed by atoms with Crippen LogP contribution in [0.2, 0.25) is 0 Å². The molecule has 11 atom stereocenters. The molecule has 76 heavy (non-hydrogen) atoms. The molecule has 4 fully saturated rings. The largest absolute Gasteiger partial charge is 0.508 e. The lowest BCUT2D eigenvalue weighted by Crippen LogP contribution is -2.53. The van der Waals surface area contributed by atoms with Crippen molar-refractivity contribution in [2.75, 3.05) is 13.3 Å². The van der Waals surface area contributed by atoms with E-state index in [-0.39, 0.29) is 119 Å². The van der Waals surface area contributed by atoms with Crippen molar-refractivity contribution < 1.29 is 55.1 Å². The highest BCUT2D eigenvalue weighted by atomic mass is 16.5. The fourth-order valence-electron chi connectivity index (χ4n) is 17.2. The van der Waals surface area contributed by atoms with Gasteiger partial charge in [0.05, 0.1) is 6.10 Å². The first kappa shape index (κ1) is 50.2. The number of ether oxygens (including phenoxy) is 2. The number of hydrogen-bond donors (Lipinski definition) is 10. The van der Waals surface area contributed by atoms with Gasteiger partial charge in [-0.15, -0.1) is 0 Å². The van der Waals surface area contributed by atoms with Crippen molar-refractivity contribution in [1.82, 2.24) is 4.98 Å². The average molecular weight is 1030 g/mol. The maximum Gasteiger partial charge on any atom is 0.200 e. The number of carbonyl (C=O) groups excluding carboxylic acids is 1. The van der Waals surface area contributed by atoms with E-state index in [9.17, 15) is 40.9 Å². The number of aliphatic hydroxyl groups is 2. The lowest BCUT2D eigenvalue weighted by atomic mass is 9.47. The molecule has 13 rings (SSSR count). The molecule has 1 heterocycles. The highest BCUT2D eigenvalue weighted by molar-refractivity contribution is 5.82. The van der Waals surface area contributed by atoms with Crippen LogP contribution in [-0.4, -0.2) is 71.1 Å². The normalized spacial score (nSPS) is 28.5. The van der Waals surface area contributed by atoms with Gasteiger partial charge >= 0.3 is 0 Å². The zero-order chi connectivity index (χ0) is 52.6. The van der Waals surface area contributed by atoms with Crippen molar-refractivity contribution in [1.29, 1.82) is 0 Å². The predicted octanol–water partition coefficient (Wildman–Crippen LogP) is 10.4. The molecule has 2 bridgehead atoms. The molecule has 6 aromatic rings. The van der Waals surface area contributed by atoms with Gasteiger partial charge in [0.25, 0.3) is 0 Å². The van der Waals surface area contributed by atoms with Gasteiger partial charge in [0.2, 0.25) is 5.75 Å². The number of nitrogens with one attached hydrogen (secondary N) is 1. The third-order valence-corrected chi connectivity index (χ3v) is 19.8. The summed E-state index contributed by atoms with van der Waals surface area (Å²) in [6.45, 7) is -0.0343. The fourth-order valence-corrected chi connectivity index (χ4v) is 17.2. The molecular formula is C63H70N2O11. The number of H-pyrrole nitrogens is 1. The summed E-state index contributed by atoms with van der Waals surface area (Å²) in [5.41, 5.74) is 13.6. The molecule has 13 heteroatoms. The molecule has 13 nitrogen and oxygen atoms in total. The van der Waals surface area contributed by atoms with Crippen molar-refractivity contribution in [3.8, 4) is 57.3 Å². The Kier molecular flexibility index (Phi) is 13.0. The lowest BCUT2D eigenvalue weighted by molar-refractivity contribution is -0.136. The third kappa shape index (κ3) is 8.09. The van der Waals surface area contributed by atoms with Gasteiger partial charge in [0.1, 0.15) is 36.4 Å². The SMILES string of the molecule is NCOc1cc(CCC(=O)C2CC(Cc3ccc(O)cc3O)C3CC4CC(C56CC(CCCO)C7(CCCC7)C5c5cc[nH]c5-c5ccccc56)C(c5cc(O)c(O)c(OCc6cccc(O)c6)c54)C3C2O)ccc1O. The first-order valence-electron chi connectivity index (χ1n) is 27.6. The topological polar surface area (TPSA) is 239 Å². The van der Waals surface area contributed by atoms with Crippen LogP contribution in [0.5, 0.6) is 46.0 Å². The Hall–Kier alpha value is -6.67. The van der Waals surface area contributed by atoms with Crippen molar-refractivity contribution >= 4 is 5.78 Å². The van der Waals surface area contributed by atoms with Crippen LogP contribution in [-0.2, 0) is 29.7 Å². The summed E-state index contributed by atoms with van der Waals surface area (Å²) >= 11 is 0. The minimum atomic E-state index is -1.13. The molecular weight excluding hydrogens is 961 g/mol. The van der Waals surface area contributed by atoms with Crippen LogP contribution in [0.4, 0.5) is 0 Å². The number of Topliss-reactive ketones (excluding diaryl/α,β-unsaturated/α-hetero) is 1. The van der Waals surface area contributed by atoms with E-state index in [0.29, 0.717) is 49.7 Å². The second-order valence-electron chi connectivity index (χ2n) is 23.3. The number of aromatic amines is 1. The maximum atomic E-state index is 15.2. The molecule has 11 N–H and O–H groups in total. The Morgan fingerprint density at radius 2 is 1.61 bits per heavy atom. The van der Waals surface area contributed by atoms with Crippen molar-refractivity contribution in [2.45, 2.75) is 119 Å². The van der Waals surface area contributed by atoms with Crippen molar-refractivity contribution in [3.63, 3.8) is 0 Å². The Morgan fingerprint density at radius 3 is 2.39 bits per heavy atom. The number of aryl methyl sites for hydroxylation is 1. The van der Waals surface area contributed by atoms with Gasteiger partial charge in [-0.25, -0.2) is 0 Å². The molecule has 4 saturated carbocycles. The van der Waals surface area contributed by atoms with Crippen LogP contribution in [0.3, 0.4) is 0 Å². The maximum absolute atomic E-state index is 15.2. The molecule has 1 aromatic heterocycles. The van der Waals surface area contributed by atoms with E-state index in [1.165, 1.54) is 23.3 Å². The number of hydrogen-bond acceptors (Lipinski definition) is 12. The highest BCUT2D eigenvalue weighted by Crippen LogP contribution is 2.78. The summed E-state index contributed by atoms with van der Waals surface area (Å²) in [5, 5.41) is 91.2. The number of aliphatic hydroxyl groups excluding tert-OH is 2. The number of fused-ring (bicyclic) bond motifs is 9. The van der Waals surface area contributed by atoms with Gasteiger partial charge in [-0.05, 0) is 187 Å². The number of ketones is 1. The summed E-state index contributed by atoms with van der Waals surface area (Å²) in [6.07, 6.45) is 10.1. The number of phenolic OH excluding ortho intramolecular Hbond substituents is 6. The van der Waals surface area contributed by atoms with Gasteiger partial charge in [-0.3, -0.25) is 10.5 Å². The number of carbonyl (C=O) groups is 1.